The molecule has 0 aliphatic carbocycles. The predicted octanol–water partition coefficient (Wildman–Crippen LogP) is 6.58. The molecule has 1 heterocycles. The quantitative estimate of drug-likeness (QED) is 0.255. The van der Waals surface area contributed by atoms with Crippen molar-refractivity contribution < 1.29 is 19.4 Å². The summed E-state index contributed by atoms with van der Waals surface area (Å²) in [7, 11) is 0. The summed E-state index contributed by atoms with van der Waals surface area (Å²) in [5, 5.41) is 21.7. The van der Waals surface area contributed by atoms with Crippen LogP contribution in [0.4, 0.5) is 5.69 Å². The van der Waals surface area contributed by atoms with Gasteiger partial charge in [0.05, 0.1) is 12.1 Å². The van der Waals surface area contributed by atoms with Crippen LogP contribution in [-0.2, 0) is 11.3 Å². The molecule has 7 nitrogen and oxygen atoms in total. The summed E-state index contributed by atoms with van der Waals surface area (Å²) in [6.07, 6.45) is 0. The van der Waals surface area contributed by atoms with Crippen LogP contribution in [0.3, 0.4) is 0 Å². The first-order chi connectivity index (χ1) is 17.6. The standard InChI is InChI=1S/C29H25N3O4/c1-20-10-13-23(14-11-20)36-19-27(33)30-31-28-25-8-4-5-9-26(25)32(29(28)34)16-17-35-24-15-12-21-6-2-3-7-22(21)18-24/h2-15,18,34H,16-17,19H2,1H3. The Morgan fingerprint density at radius 2 is 1.58 bits per heavy atom. The van der Waals surface area contributed by atoms with E-state index in [2.05, 4.69) is 16.3 Å². The Balaban J connectivity index is 1.28. The summed E-state index contributed by atoms with van der Waals surface area (Å²) in [6.45, 7) is 2.46. The normalized spacial score (nSPS) is 11.4. The number of hydrogen-bond donors (Lipinski definition) is 1. The highest BCUT2D eigenvalue weighted by molar-refractivity contribution is 5.95. The molecular weight excluding hydrogens is 454 g/mol. The van der Waals surface area contributed by atoms with E-state index in [0.717, 1.165) is 27.6 Å². The van der Waals surface area contributed by atoms with Crippen molar-refractivity contribution in [2.75, 3.05) is 13.2 Å². The Labute approximate surface area is 208 Å². The molecule has 0 aliphatic rings. The molecule has 5 rings (SSSR count). The number of aromatic nitrogens is 1. The van der Waals surface area contributed by atoms with E-state index in [9.17, 15) is 9.90 Å². The molecule has 1 amide bonds. The van der Waals surface area contributed by atoms with Gasteiger partial charge in [-0.05, 0) is 48.0 Å². The molecule has 180 valence electrons. The lowest BCUT2D eigenvalue weighted by molar-refractivity contribution is -0.120. The third kappa shape index (κ3) is 5.05. The average Bonchev–Trinajstić information content (AvgIpc) is 3.17. The van der Waals surface area contributed by atoms with Gasteiger partial charge in [0.15, 0.2) is 12.3 Å². The Morgan fingerprint density at radius 1 is 0.861 bits per heavy atom. The Hall–Kier alpha value is -4.65. The van der Waals surface area contributed by atoms with Crippen LogP contribution >= 0.6 is 0 Å². The molecule has 0 unspecified atom stereocenters. The zero-order valence-corrected chi connectivity index (χ0v) is 19.8. The SMILES string of the molecule is Cc1ccc(OCC(=O)N=Nc2c(O)n(CCOc3ccc4ccccc4c3)c3ccccc23)cc1. The maximum absolute atomic E-state index is 12.2. The third-order valence-corrected chi connectivity index (χ3v) is 5.87. The van der Waals surface area contributed by atoms with Gasteiger partial charge in [0, 0.05) is 5.39 Å². The van der Waals surface area contributed by atoms with Crippen LogP contribution in [0.5, 0.6) is 17.4 Å². The summed E-state index contributed by atoms with van der Waals surface area (Å²) >= 11 is 0. The van der Waals surface area contributed by atoms with Crippen molar-refractivity contribution in [1.29, 1.82) is 0 Å². The van der Waals surface area contributed by atoms with Gasteiger partial charge in [-0.15, -0.1) is 10.2 Å². The number of carbonyl (C=O) groups excluding carboxylic acids is 1. The number of aryl methyl sites for hydroxylation is 1. The van der Waals surface area contributed by atoms with E-state index in [1.165, 1.54) is 0 Å². The summed E-state index contributed by atoms with van der Waals surface area (Å²) in [5.74, 6) is 0.708. The first-order valence-electron chi connectivity index (χ1n) is 11.6. The number of carbonyl (C=O) groups is 1. The number of rotatable bonds is 8. The molecular formula is C29H25N3O4. The van der Waals surface area contributed by atoms with Crippen molar-refractivity contribution in [1.82, 2.24) is 4.57 Å². The second-order valence-electron chi connectivity index (χ2n) is 8.39. The lowest BCUT2D eigenvalue weighted by atomic mass is 10.1. The van der Waals surface area contributed by atoms with Gasteiger partial charge in [-0.1, -0.05) is 66.2 Å². The van der Waals surface area contributed by atoms with Crippen LogP contribution in [0, 0.1) is 6.92 Å². The molecule has 1 N–H and O–H groups in total. The van der Waals surface area contributed by atoms with Crippen molar-refractivity contribution in [2.45, 2.75) is 13.5 Å². The summed E-state index contributed by atoms with van der Waals surface area (Å²) in [5.41, 5.74) is 2.11. The van der Waals surface area contributed by atoms with Crippen LogP contribution in [0.1, 0.15) is 5.56 Å². The second kappa shape index (κ2) is 10.3. The van der Waals surface area contributed by atoms with E-state index in [1.54, 1.807) is 16.7 Å². The number of aromatic hydroxyl groups is 1. The highest BCUT2D eigenvalue weighted by Crippen LogP contribution is 2.38. The Bertz CT molecular complexity index is 1550. The van der Waals surface area contributed by atoms with Crippen molar-refractivity contribution in [3.8, 4) is 17.4 Å². The van der Waals surface area contributed by atoms with E-state index >= 15 is 0 Å². The third-order valence-electron chi connectivity index (χ3n) is 5.87. The lowest BCUT2D eigenvalue weighted by Crippen LogP contribution is -2.08. The Morgan fingerprint density at radius 3 is 2.42 bits per heavy atom. The molecule has 0 bridgehead atoms. The molecule has 0 radical (unpaired) electrons. The highest BCUT2D eigenvalue weighted by atomic mass is 16.5. The molecule has 7 heteroatoms. The van der Waals surface area contributed by atoms with Crippen LogP contribution in [0.2, 0.25) is 0 Å². The second-order valence-corrected chi connectivity index (χ2v) is 8.39. The topological polar surface area (TPSA) is 85.4 Å². The highest BCUT2D eigenvalue weighted by Gasteiger charge is 2.17. The number of benzene rings is 4. The van der Waals surface area contributed by atoms with E-state index < -0.39 is 5.91 Å². The van der Waals surface area contributed by atoms with E-state index in [-0.39, 0.29) is 18.2 Å². The van der Waals surface area contributed by atoms with Crippen molar-refractivity contribution in [3.05, 3.63) is 96.6 Å². The Kier molecular flexibility index (Phi) is 6.62. The first kappa shape index (κ1) is 23.1. The lowest BCUT2D eigenvalue weighted by Gasteiger charge is -2.10. The monoisotopic (exact) mass is 479 g/mol. The van der Waals surface area contributed by atoms with Crippen LogP contribution in [-0.4, -0.2) is 28.8 Å². The molecule has 1 aromatic heterocycles. The fourth-order valence-corrected chi connectivity index (χ4v) is 4.02. The molecule has 36 heavy (non-hydrogen) atoms. The number of para-hydroxylation sites is 1. The van der Waals surface area contributed by atoms with Crippen LogP contribution < -0.4 is 9.47 Å². The largest absolute Gasteiger partial charge is 0.493 e. The van der Waals surface area contributed by atoms with Gasteiger partial charge >= 0.3 is 5.91 Å². The van der Waals surface area contributed by atoms with E-state index in [4.69, 9.17) is 9.47 Å². The minimum atomic E-state index is -0.550. The zero-order valence-electron chi connectivity index (χ0n) is 19.8. The van der Waals surface area contributed by atoms with Gasteiger partial charge in [0.1, 0.15) is 18.1 Å². The predicted molar refractivity (Wildman–Crippen MR) is 139 cm³/mol. The number of nitrogens with zero attached hydrogens (tertiary/aromatic N) is 3. The number of hydrogen-bond acceptors (Lipinski definition) is 5. The minimum Gasteiger partial charge on any atom is -0.493 e. The maximum Gasteiger partial charge on any atom is 0.302 e. The molecule has 0 saturated carbocycles. The molecule has 5 aromatic rings. The van der Waals surface area contributed by atoms with Gasteiger partial charge in [-0.3, -0.25) is 4.79 Å². The molecule has 0 aliphatic heterocycles. The zero-order chi connectivity index (χ0) is 24.9. The van der Waals surface area contributed by atoms with Gasteiger partial charge in [-0.2, -0.15) is 0 Å². The van der Waals surface area contributed by atoms with E-state index in [0.29, 0.717) is 24.3 Å². The number of fused-ring (bicyclic) bond motifs is 2. The molecule has 0 spiro atoms. The molecule has 0 fully saturated rings. The minimum absolute atomic E-state index is 0.0747. The van der Waals surface area contributed by atoms with Gasteiger partial charge in [0.25, 0.3) is 0 Å². The number of amides is 1. The van der Waals surface area contributed by atoms with Gasteiger partial charge in [0.2, 0.25) is 5.88 Å². The van der Waals surface area contributed by atoms with Gasteiger partial charge in [-0.25, -0.2) is 0 Å². The fraction of sp³-hybridized carbons (Fsp3) is 0.138. The van der Waals surface area contributed by atoms with Crippen LogP contribution in [0.25, 0.3) is 21.7 Å². The van der Waals surface area contributed by atoms with Gasteiger partial charge < -0.3 is 19.1 Å². The molecule has 0 atom stereocenters. The van der Waals surface area contributed by atoms with E-state index in [1.807, 2.05) is 79.7 Å². The first-order valence-corrected chi connectivity index (χ1v) is 11.6. The smallest absolute Gasteiger partial charge is 0.302 e. The van der Waals surface area contributed by atoms with Crippen molar-refractivity contribution in [2.24, 2.45) is 10.2 Å². The number of ether oxygens (including phenoxy) is 2. The summed E-state index contributed by atoms with van der Waals surface area (Å²) in [4.78, 5) is 12.2. The van der Waals surface area contributed by atoms with Crippen molar-refractivity contribution in [3.63, 3.8) is 0 Å². The summed E-state index contributed by atoms with van der Waals surface area (Å²) in [6, 6.07) is 28.9. The fourth-order valence-electron chi connectivity index (χ4n) is 4.02. The van der Waals surface area contributed by atoms with Crippen molar-refractivity contribution >= 4 is 33.3 Å². The molecule has 0 saturated heterocycles. The van der Waals surface area contributed by atoms with Crippen LogP contribution in [0.15, 0.2) is 101 Å². The average molecular weight is 480 g/mol. The maximum atomic E-state index is 12.2. The number of azo groups is 1. The molecule has 4 aromatic carbocycles. The summed E-state index contributed by atoms with van der Waals surface area (Å²) < 4.78 is 13.1.